The fourth-order valence-corrected chi connectivity index (χ4v) is 2.55. The van der Waals surface area contributed by atoms with Crippen molar-refractivity contribution in [2.75, 3.05) is 19.1 Å². The zero-order valence-electron chi connectivity index (χ0n) is 12.0. The summed E-state index contributed by atoms with van der Waals surface area (Å²) in [6.07, 6.45) is 1.94. The fourth-order valence-electron chi connectivity index (χ4n) is 1.89. The van der Waals surface area contributed by atoms with Crippen LogP contribution in [0.25, 0.3) is 0 Å². The van der Waals surface area contributed by atoms with Gasteiger partial charge in [-0.05, 0) is 45.0 Å². The SMILES string of the molecule is CNC(CCS(C)(=O)=O)c1cccc(OC(C)C)c1. The Kier molecular flexibility index (Phi) is 5.82. The van der Waals surface area contributed by atoms with Crippen LogP contribution in [0, 0.1) is 0 Å². The van der Waals surface area contributed by atoms with Gasteiger partial charge >= 0.3 is 0 Å². The van der Waals surface area contributed by atoms with E-state index in [2.05, 4.69) is 5.32 Å². The first-order chi connectivity index (χ1) is 8.81. The molecule has 0 radical (unpaired) electrons. The molecule has 4 nitrogen and oxygen atoms in total. The Morgan fingerprint density at radius 1 is 1.32 bits per heavy atom. The summed E-state index contributed by atoms with van der Waals surface area (Å²) in [4.78, 5) is 0. The summed E-state index contributed by atoms with van der Waals surface area (Å²) in [7, 11) is -1.10. The van der Waals surface area contributed by atoms with Crippen molar-refractivity contribution in [2.24, 2.45) is 0 Å². The Balaban J connectivity index is 2.80. The lowest BCUT2D eigenvalue weighted by atomic mass is 10.0. The van der Waals surface area contributed by atoms with Crippen LogP contribution >= 0.6 is 0 Å². The average molecular weight is 285 g/mol. The van der Waals surface area contributed by atoms with Gasteiger partial charge in [-0.2, -0.15) is 0 Å². The largest absolute Gasteiger partial charge is 0.491 e. The molecule has 1 aromatic rings. The second kappa shape index (κ2) is 6.91. The summed E-state index contributed by atoms with van der Waals surface area (Å²) < 4.78 is 28.1. The first kappa shape index (κ1) is 16.0. The molecule has 1 rings (SSSR count). The minimum Gasteiger partial charge on any atom is -0.491 e. The minimum absolute atomic E-state index is 0.0189. The molecule has 0 aliphatic carbocycles. The van der Waals surface area contributed by atoms with Crippen LogP contribution in [0.1, 0.15) is 31.9 Å². The minimum atomic E-state index is -2.94. The number of hydrogen-bond donors (Lipinski definition) is 1. The lowest BCUT2D eigenvalue weighted by Gasteiger charge is -2.18. The van der Waals surface area contributed by atoms with E-state index in [1.165, 1.54) is 6.26 Å². The number of sulfone groups is 1. The van der Waals surface area contributed by atoms with Crippen molar-refractivity contribution in [2.45, 2.75) is 32.4 Å². The Bertz CT molecular complexity index is 497. The Morgan fingerprint density at radius 2 is 2.00 bits per heavy atom. The predicted molar refractivity (Wildman–Crippen MR) is 78.3 cm³/mol. The lowest BCUT2D eigenvalue weighted by Crippen LogP contribution is -2.20. The molecule has 0 bridgehead atoms. The third-order valence-corrected chi connectivity index (χ3v) is 3.74. The highest BCUT2D eigenvalue weighted by molar-refractivity contribution is 7.90. The van der Waals surface area contributed by atoms with Crippen LogP contribution < -0.4 is 10.1 Å². The van der Waals surface area contributed by atoms with Gasteiger partial charge in [0.25, 0.3) is 0 Å². The van der Waals surface area contributed by atoms with Crippen LogP contribution in [-0.2, 0) is 9.84 Å². The van der Waals surface area contributed by atoms with Crippen LogP contribution in [0.5, 0.6) is 5.75 Å². The molecule has 19 heavy (non-hydrogen) atoms. The van der Waals surface area contributed by atoms with Gasteiger partial charge in [0.1, 0.15) is 15.6 Å². The van der Waals surface area contributed by atoms with E-state index in [-0.39, 0.29) is 17.9 Å². The van der Waals surface area contributed by atoms with Gasteiger partial charge in [-0.25, -0.2) is 8.42 Å². The molecule has 0 heterocycles. The topological polar surface area (TPSA) is 55.4 Å². The highest BCUT2D eigenvalue weighted by Gasteiger charge is 2.13. The van der Waals surface area contributed by atoms with E-state index in [0.29, 0.717) is 6.42 Å². The Labute approximate surface area is 116 Å². The van der Waals surface area contributed by atoms with E-state index < -0.39 is 9.84 Å². The molecular weight excluding hydrogens is 262 g/mol. The number of hydrogen-bond acceptors (Lipinski definition) is 4. The molecule has 0 aliphatic rings. The second-order valence-corrected chi connectivity index (χ2v) is 7.26. The maximum Gasteiger partial charge on any atom is 0.147 e. The van der Waals surface area contributed by atoms with E-state index in [9.17, 15) is 8.42 Å². The molecule has 108 valence electrons. The number of rotatable bonds is 7. The van der Waals surface area contributed by atoms with E-state index in [1.807, 2.05) is 45.2 Å². The molecule has 1 atom stereocenters. The number of ether oxygens (including phenoxy) is 1. The maximum absolute atomic E-state index is 11.2. The van der Waals surface area contributed by atoms with Gasteiger partial charge < -0.3 is 10.1 Å². The van der Waals surface area contributed by atoms with Gasteiger partial charge in [-0.15, -0.1) is 0 Å². The molecule has 1 aromatic carbocycles. The highest BCUT2D eigenvalue weighted by atomic mass is 32.2. The number of nitrogens with one attached hydrogen (secondary N) is 1. The van der Waals surface area contributed by atoms with Gasteiger partial charge in [0.15, 0.2) is 0 Å². The predicted octanol–water partition coefficient (Wildman–Crippen LogP) is 2.17. The summed E-state index contributed by atoms with van der Waals surface area (Å²) in [5.41, 5.74) is 1.05. The van der Waals surface area contributed by atoms with E-state index in [0.717, 1.165) is 11.3 Å². The summed E-state index contributed by atoms with van der Waals surface area (Å²) in [5, 5.41) is 3.15. The average Bonchev–Trinajstić information content (AvgIpc) is 2.28. The molecule has 0 aromatic heterocycles. The van der Waals surface area contributed by atoms with Gasteiger partial charge in [0.05, 0.1) is 11.9 Å². The van der Waals surface area contributed by atoms with Gasteiger partial charge in [-0.3, -0.25) is 0 Å². The summed E-state index contributed by atoms with van der Waals surface area (Å²) in [6, 6.07) is 7.80. The molecule has 1 N–H and O–H groups in total. The van der Waals surface area contributed by atoms with E-state index >= 15 is 0 Å². The summed E-state index contributed by atoms with van der Waals surface area (Å²) in [5.74, 6) is 0.987. The quantitative estimate of drug-likeness (QED) is 0.834. The van der Waals surface area contributed by atoms with Crippen LogP contribution in [0.2, 0.25) is 0 Å². The lowest BCUT2D eigenvalue weighted by molar-refractivity contribution is 0.242. The first-order valence-corrected chi connectivity index (χ1v) is 8.49. The zero-order valence-corrected chi connectivity index (χ0v) is 12.8. The molecule has 0 saturated carbocycles. The number of benzene rings is 1. The van der Waals surface area contributed by atoms with Gasteiger partial charge in [-0.1, -0.05) is 12.1 Å². The second-order valence-electron chi connectivity index (χ2n) is 5.00. The standard InChI is InChI=1S/C14H23NO3S/c1-11(2)18-13-7-5-6-12(10-13)14(15-3)8-9-19(4,16)17/h5-7,10-11,14-15H,8-9H2,1-4H3. The van der Waals surface area contributed by atoms with E-state index in [1.54, 1.807) is 0 Å². The van der Waals surface area contributed by atoms with Crippen molar-refractivity contribution >= 4 is 9.84 Å². The van der Waals surface area contributed by atoms with Crippen molar-refractivity contribution < 1.29 is 13.2 Å². The van der Waals surface area contributed by atoms with Gasteiger partial charge in [0, 0.05) is 12.3 Å². The van der Waals surface area contributed by atoms with Crippen LogP contribution in [0.15, 0.2) is 24.3 Å². The molecule has 0 spiro atoms. The van der Waals surface area contributed by atoms with Crippen molar-refractivity contribution in [1.29, 1.82) is 0 Å². The van der Waals surface area contributed by atoms with Crippen LogP contribution in [-0.4, -0.2) is 33.6 Å². The van der Waals surface area contributed by atoms with Crippen molar-refractivity contribution in [3.05, 3.63) is 29.8 Å². The van der Waals surface area contributed by atoms with Crippen LogP contribution in [0.3, 0.4) is 0 Å². The molecular formula is C14H23NO3S. The highest BCUT2D eigenvalue weighted by Crippen LogP contribution is 2.22. The van der Waals surface area contributed by atoms with Crippen molar-refractivity contribution in [3.8, 4) is 5.75 Å². The van der Waals surface area contributed by atoms with Crippen molar-refractivity contribution in [3.63, 3.8) is 0 Å². The zero-order chi connectivity index (χ0) is 14.5. The third kappa shape index (κ3) is 6.07. The summed E-state index contributed by atoms with van der Waals surface area (Å²) in [6.45, 7) is 3.96. The first-order valence-electron chi connectivity index (χ1n) is 6.43. The fraction of sp³-hybridized carbons (Fsp3) is 0.571. The van der Waals surface area contributed by atoms with E-state index in [4.69, 9.17) is 4.74 Å². The normalized spacial score (nSPS) is 13.5. The monoisotopic (exact) mass is 285 g/mol. The maximum atomic E-state index is 11.2. The Morgan fingerprint density at radius 3 is 2.53 bits per heavy atom. The van der Waals surface area contributed by atoms with Crippen LogP contribution in [0.4, 0.5) is 0 Å². The van der Waals surface area contributed by atoms with Gasteiger partial charge in [0.2, 0.25) is 0 Å². The molecule has 5 heteroatoms. The third-order valence-electron chi connectivity index (χ3n) is 2.76. The molecule has 0 amide bonds. The molecule has 0 saturated heterocycles. The smallest absolute Gasteiger partial charge is 0.147 e. The molecule has 0 aliphatic heterocycles. The molecule has 0 fully saturated rings. The Hall–Kier alpha value is -1.07. The van der Waals surface area contributed by atoms with Crippen molar-refractivity contribution in [1.82, 2.24) is 5.32 Å². The summed E-state index contributed by atoms with van der Waals surface area (Å²) >= 11 is 0. The molecule has 1 unspecified atom stereocenters.